The van der Waals surface area contributed by atoms with Gasteiger partial charge in [0.15, 0.2) is 0 Å². The third-order valence-corrected chi connectivity index (χ3v) is 3.10. The van der Waals surface area contributed by atoms with E-state index in [9.17, 15) is 5.11 Å². The van der Waals surface area contributed by atoms with E-state index in [-0.39, 0.29) is 6.10 Å². The molecular formula is C12H21ClO. The van der Waals surface area contributed by atoms with Crippen molar-refractivity contribution < 1.29 is 5.11 Å². The Kier molecular flexibility index (Phi) is 6.29. The van der Waals surface area contributed by atoms with Crippen LogP contribution in [0.25, 0.3) is 0 Å². The van der Waals surface area contributed by atoms with Crippen LogP contribution in [0.2, 0.25) is 0 Å². The van der Waals surface area contributed by atoms with E-state index in [1.807, 2.05) is 6.08 Å². The summed E-state index contributed by atoms with van der Waals surface area (Å²) in [6.07, 6.45) is 12.2. The first-order valence-electron chi connectivity index (χ1n) is 5.83. The van der Waals surface area contributed by atoms with Gasteiger partial charge in [-0.1, -0.05) is 50.1 Å². The molecule has 0 aromatic carbocycles. The Morgan fingerprint density at radius 3 is 2.29 bits per heavy atom. The maximum atomic E-state index is 9.60. The third-order valence-electron chi connectivity index (χ3n) is 2.79. The van der Waals surface area contributed by atoms with Crippen LogP contribution in [0.4, 0.5) is 0 Å². The zero-order valence-corrected chi connectivity index (χ0v) is 9.60. The van der Waals surface area contributed by atoms with Gasteiger partial charge in [-0.25, -0.2) is 0 Å². The van der Waals surface area contributed by atoms with Gasteiger partial charge in [0.1, 0.15) is 0 Å². The smallest absolute Gasteiger partial charge is 0.0735 e. The minimum atomic E-state index is -0.318. The lowest BCUT2D eigenvalue weighted by molar-refractivity contribution is 0.207. The molecule has 1 atom stereocenters. The Morgan fingerprint density at radius 1 is 1.00 bits per heavy atom. The van der Waals surface area contributed by atoms with Gasteiger partial charge in [0.25, 0.3) is 0 Å². The highest BCUT2D eigenvalue weighted by Crippen LogP contribution is 2.18. The molecule has 1 aliphatic rings. The highest BCUT2D eigenvalue weighted by atomic mass is 35.5. The normalized spacial score (nSPS) is 31.0. The van der Waals surface area contributed by atoms with Crippen molar-refractivity contribution in [3.05, 3.63) is 11.1 Å². The molecule has 0 heterocycles. The molecule has 0 aromatic heterocycles. The quantitative estimate of drug-likeness (QED) is 0.649. The highest BCUT2D eigenvalue weighted by Gasteiger charge is 2.03. The predicted molar refractivity (Wildman–Crippen MR) is 61.5 cm³/mol. The largest absolute Gasteiger partial charge is 0.389 e. The molecule has 0 saturated carbocycles. The molecule has 1 N–H and O–H groups in total. The van der Waals surface area contributed by atoms with E-state index >= 15 is 0 Å². The molecule has 2 heteroatoms. The lowest BCUT2D eigenvalue weighted by atomic mass is 10.0. The molecule has 0 saturated heterocycles. The fraction of sp³-hybridized carbons (Fsp3) is 0.833. The lowest BCUT2D eigenvalue weighted by Crippen LogP contribution is -2.03. The van der Waals surface area contributed by atoms with Crippen LogP contribution in [0, 0.1) is 0 Å². The van der Waals surface area contributed by atoms with Crippen LogP contribution in [-0.4, -0.2) is 11.2 Å². The fourth-order valence-corrected chi connectivity index (χ4v) is 2.19. The summed E-state index contributed by atoms with van der Waals surface area (Å²) in [6.45, 7) is 0. The summed E-state index contributed by atoms with van der Waals surface area (Å²) in [4.78, 5) is 0. The van der Waals surface area contributed by atoms with Gasteiger partial charge in [-0.15, -0.1) is 0 Å². The van der Waals surface area contributed by atoms with E-state index in [4.69, 9.17) is 11.6 Å². The van der Waals surface area contributed by atoms with Crippen LogP contribution in [0.15, 0.2) is 11.1 Å². The van der Waals surface area contributed by atoms with Crippen molar-refractivity contribution in [2.75, 3.05) is 0 Å². The minimum absolute atomic E-state index is 0.318. The van der Waals surface area contributed by atoms with Gasteiger partial charge in [-0.05, 0) is 25.3 Å². The summed E-state index contributed by atoms with van der Waals surface area (Å²) in [5.41, 5.74) is 0. The first-order valence-corrected chi connectivity index (χ1v) is 6.21. The summed E-state index contributed by atoms with van der Waals surface area (Å²) in [6, 6.07) is 0. The van der Waals surface area contributed by atoms with Crippen molar-refractivity contribution >= 4 is 11.6 Å². The topological polar surface area (TPSA) is 20.2 Å². The predicted octanol–water partition coefficient (Wildman–Crippen LogP) is 3.99. The van der Waals surface area contributed by atoms with Gasteiger partial charge in [-0.2, -0.15) is 0 Å². The number of aliphatic hydroxyl groups excluding tert-OH is 1. The number of rotatable bonds is 0. The zero-order valence-electron chi connectivity index (χ0n) is 8.84. The maximum absolute atomic E-state index is 9.60. The first-order chi connectivity index (χ1) is 6.79. The van der Waals surface area contributed by atoms with E-state index in [0.717, 1.165) is 24.3 Å². The van der Waals surface area contributed by atoms with Gasteiger partial charge in [-0.3, -0.25) is 0 Å². The van der Waals surface area contributed by atoms with Crippen molar-refractivity contribution in [1.82, 2.24) is 0 Å². The van der Waals surface area contributed by atoms with Crippen LogP contribution in [0.3, 0.4) is 0 Å². The number of allylic oxidation sites excluding steroid dienone is 1. The molecule has 82 valence electrons. The molecule has 14 heavy (non-hydrogen) atoms. The lowest BCUT2D eigenvalue weighted by Gasteiger charge is -2.09. The monoisotopic (exact) mass is 216 g/mol. The Morgan fingerprint density at radius 2 is 1.57 bits per heavy atom. The maximum Gasteiger partial charge on any atom is 0.0735 e. The van der Waals surface area contributed by atoms with Crippen LogP contribution in [-0.2, 0) is 0 Å². The first kappa shape index (κ1) is 12.1. The molecule has 0 aliphatic heterocycles. The van der Waals surface area contributed by atoms with Crippen molar-refractivity contribution in [3.63, 3.8) is 0 Å². The van der Waals surface area contributed by atoms with Gasteiger partial charge in [0.2, 0.25) is 0 Å². The van der Waals surface area contributed by atoms with Crippen LogP contribution in [0.1, 0.15) is 57.8 Å². The second-order valence-corrected chi connectivity index (χ2v) is 4.68. The third kappa shape index (κ3) is 5.66. The summed E-state index contributed by atoms with van der Waals surface area (Å²) in [7, 11) is 0. The van der Waals surface area contributed by atoms with Crippen molar-refractivity contribution in [1.29, 1.82) is 0 Å². The average molecular weight is 217 g/mol. The number of hydrogen-bond acceptors (Lipinski definition) is 1. The molecule has 0 spiro atoms. The fourth-order valence-electron chi connectivity index (χ4n) is 1.91. The van der Waals surface area contributed by atoms with Crippen molar-refractivity contribution in [2.45, 2.75) is 63.9 Å². The van der Waals surface area contributed by atoms with Gasteiger partial charge < -0.3 is 5.11 Å². The number of hydrogen-bond donors (Lipinski definition) is 1. The second kappa shape index (κ2) is 7.30. The minimum Gasteiger partial charge on any atom is -0.389 e. The summed E-state index contributed by atoms with van der Waals surface area (Å²) >= 11 is 6.01. The van der Waals surface area contributed by atoms with Gasteiger partial charge >= 0.3 is 0 Å². The summed E-state index contributed by atoms with van der Waals surface area (Å²) in [5, 5.41) is 10.4. The van der Waals surface area contributed by atoms with E-state index in [2.05, 4.69) is 0 Å². The SMILES string of the molecule is OC1/C=C(/Cl)CCCCCCCCC1. The molecule has 1 rings (SSSR count). The molecule has 1 nitrogen and oxygen atoms in total. The summed E-state index contributed by atoms with van der Waals surface area (Å²) < 4.78 is 0. The van der Waals surface area contributed by atoms with Crippen molar-refractivity contribution in [2.24, 2.45) is 0 Å². The molecule has 0 radical (unpaired) electrons. The number of halogens is 1. The molecule has 1 unspecified atom stereocenters. The molecule has 0 fully saturated rings. The van der Waals surface area contributed by atoms with Gasteiger partial charge in [0.05, 0.1) is 6.10 Å². The average Bonchev–Trinajstić information content (AvgIpc) is 2.13. The van der Waals surface area contributed by atoms with E-state index in [0.29, 0.717) is 0 Å². The van der Waals surface area contributed by atoms with E-state index < -0.39 is 0 Å². The Bertz CT molecular complexity index is 177. The molecule has 0 aromatic rings. The van der Waals surface area contributed by atoms with E-state index in [1.54, 1.807) is 0 Å². The van der Waals surface area contributed by atoms with Crippen LogP contribution in [0.5, 0.6) is 0 Å². The highest BCUT2D eigenvalue weighted by molar-refractivity contribution is 6.29. The second-order valence-electron chi connectivity index (χ2n) is 4.19. The molecule has 0 bridgehead atoms. The zero-order chi connectivity index (χ0) is 10.2. The Labute approximate surface area is 92.2 Å². The standard InChI is InChI=1S/C12H21ClO/c13-11-8-6-4-2-1-3-5-7-9-12(14)10-11/h10,12,14H,1-9H2/b11-10+. The molecule has 1 aliphatic carbocycles. The summed E-state index contributed by atoms with van der Waals surface area (Å²) in [5.74, 6) is 0. The molecule has 0 amide bonds. The van der Waals surface area contributed by atoms with Gasteiger partial charge in [0, 0.05) is 5.03 Å². The van der Waals surface area contributed by atoms with Crippen LogP contribution >= 0.6 is 11.6 Å². The van der Waals surface area contributed by atoms with E-state index in [1.165, 1.54) is 38.5 Å². The molecular weight excluding hydrogens is 196 g/mol. The Balaban J connectivity index is 2.36. The number of aliphatic hydroxyl groups is 1. The van der Waals surface area contributed by atoms with Crippen LogP contribution < -0.4 is 0 Å². The Hall–Kier alpha value is -0.0100. The van der Waals surface area contributed by atoms with Crippen molar-refractivity contribution in [3.8, 4) is 0 Å².